The average Bonchev–Trinajstić information content (AvgIpc) is 2.03. The van der Waals surface area contributed by atoms with Crippen molar-refractivity contribution < 1.29 is 0 Å². The van der Waals surface area contributed by atoms with Crippen LogP contribution < -0.4 is 0 Å². The summed E-state index contributed by atoms with van der Waals surface area (Å²) < 4.78 is 0. The molecule has 74 valence electrons. The fraction of sp³-hybridized carbons (Fsp3) is 0.778. The molecule has 4 nitrogen and oxygen atoms in total. The van der Waals surface area contributed by atoms with Crippen LogP contribution in [0.1, 0.15) is 13.3 Å². The predicted octanol–water partition coefficient (Wildman–Crippen LogP) is 0.656. The lowest BCUT2D eigenvalue weighted by atomic mass is 10.3. The van der Waals surface area contributed by atoms with Gasteiger partial charge in [-0.05, 0) is 6.92 Å². The van der Waals surface area contributed by atoms with Gasteiger partial charge in [-0.3, -0.25) is 0 Å². The minimum absolute atomic E-state index is 0.0588. The summed E-state index contributed by atoms with van der Waals surface area (Å²) in [5.74, 6) is 2.21. The standard InChI is InChI=1S/C9H18N4/c1-7-10-8(12(2)3)6-9(11-7)13(4)5/h7H,6H2,1-5H3. The second-order valence-electron chi connectivity index (χ2n) is 3.69. The van der Waals surface area contributed by atoms with Gasteiger partial charge in [0.2, 0.25) is 0 Å². The largest absolute Gasteiger partial charge is 0.366 e. The monoisotopic (exact) mass is 182 g/mol. The average molecular weight is 182 g/mol. The van der Waals surface area contributed by atoms with Gasteiger partial charge in [0.25, 0.3) is 0 Å². The number of aliphatic imine (C=N–C) groups is 2. The van der Waals surface area contributed by atoms with E-state index in [2.05, 4.69) is 19.8 Å². The molecule has 0 saturated carbocycles. The van der Waals surface area contributed by atoms with E-state index in [0.29, 0.717) is 0 Å². The molecule has 0 saturated heterocycles. The second kappa shape index (κ2) is 3.77. The van der Waals surface area contributed by atoms with E-state index in [4.69, 9.17) is 0 Å². The lowest BCUT2D eigenvalue weighted by Gasteiger charge is -2.25. The van der Waals surface area contributed by atoms with E-state index in [1.165, 1.54) is 0 Å². The number of hydrogen-bond acceptors (Lipinski definition) is 4. The Labute approximate surface area is 80.0 Å². The molecule has 4 heteroatoms. The zero-order valence-corrected chi connectivity index (χ0v) is 9.07. The normalized spacial score (nSPS) is 17.9. The molecule has 0 aromatic heterocycles. The Morgan fingerprint density at radius 1 is 1.00 bits per heavy atom. The Morgan fingerprint density at radius 2 is 1.38 bits per heavy atom. The first kappa shape index (κ1) is 10.0. The van der Waals surface area contributed by atoms with Crippen LogP contribution in [0.5, 0.6) is 0 Å². The summed E-state index contributed by atoms with van der Waals surface area (Å²) >= 11 is 0. The summed E-state index contributed by atoms with van der Waals surface area (Å²) in [6.45, 7) is 2.01. The van der Waals surface area contributed by atoms with Crippen LogP contribution in [0.4, 0.5) is 0 Å². The molecule has 0 aromatic rings. The molecule has 0 spiro atoms. The van der Waals surface area contributed by atoms with Crippen molar-refractivity contribution in [2.45, 2.75) is 19.5 Å². The molecule has 13 heavy (non-hydrogen) atoms. The van der Waals surface area contributed by atoms with Crippen LogP contribution in [0.25, 0.3) is 0 Å². The second-order valence-corrected chi connectivity index (χ2v) is 3.69. The van der Waals surface area contributed by atoms with E-state index in [9.17, 15) is 0 Å². The third kappa shape index (κ3) is 2.44. The summed E-state index contributed by atoms with van der Waals surface area (Å²) in [7, 11) is 8.07. The molecular formula is C9H18N4. The fourth-order valence-corrected chi connectivity index (χ4v) is 1.24. The summed E-state index contributed by atoms with van der Waals surface area (Å²) in [5.41, 5.74) is 0. The number of rotatable bonds is 0. The highest BCUT2D eigenvalue weighted by molar-refractivity contribution is 6.03. The fourth-order valence-electron chi connectivity index (χ4n) is 1.24. The van der Waals surface area contributed by atoms with E-state index in [0.717, 1.165) is 18.1 Å². The van der Waals surface area contributed by atoms with E-state index in [1.807, 2.05) is 35.1 Å². The van der Waals surface area contributed by atoms with Crippen LogP contribution in [0.15, 0.2) is 9.98 Å². The van der Waals surface area contributed by atoms with Gasteiger partial charge in [-0.15, -0.1) is 0 Å². The minimum atomic E-state index is 0.0588. The van der Waals surface area contributed by atoms with Gasteiger partial charge >= 0.3 is 0 Å². The maximum absolute atomic E-state index is 4.44. The highest BCUT2D eigenvalue weighted by Crippen LogP contribution is 2.08. The Balaban J connectivity index is 2.76. The van der Waals surface area contributed by atoms with Crippen molar-refractivity contribution in [3.63, 3.8) is 0 Å². The Bertz CT molecular complexity index is 216. The van der Waals surface area contributed by atoms with Crippen LogP contribution in [0, 0.1) is 0 Å². The molecule has 1 aliphatic rings. The topological polar surface area (TPSA) is 31.2 Å². The molecule has 0 atom stereocenters. The lowest BCUT2D eigenvalue weighted by molar-refractivity contribution is 0.556. The highest BCUT2D eigenvalue weighted by Gasteiger charge is 2.16. The van der Waals surface area contributed by atoms with Gasteiger partial charge in [0.15, 0.2) is 0 Å². The van der Waals surface area contributed by atoms with Crippen molar-refractivity contribution in [2.24, 2.45) is 9.98 Å². The van der Waals surface area contributed by atoms with E-state index in [-0.39, 0.29) is 6.17 Å². The summed E-state index contributed by atoms with van der Waals surface area (Å²) in [5, 5.41) is 0. The van der Waals surface area contributed by atoms with Crippen molar-refractivity contribution in [2.75, 3.05) is 28.2 Å². The molecule has 0 aromatic carbocycles. The van der Waals surface area contributed by atoms with E-state index in [1.54, 1.807) is 0 Å². The number of nitrogens with zero attached hydrogens (tertiary/aromatic N) is 4. The van der Waals surface area contributed by atoms with E-state index < -0.39 is 0 Å². The first-order valence-electron chi connectivity index (χ1n) is 4.48. The third-order valence-electron chi connectivity index (χ3n) is 2.02. The molecule has 1 heterocycles. The van der Waals surface area contributed by atoms with Crippen LogP contribution in [0.2, 0.25) is 0 Å². The van der Waals surface area contributed by atoms with Gasteiger partial charge in [-0.25, -0.2) is 9.98 Å². The molecule has 0 amide bonds. The summed E-state index contributed by atoms with van der Waals surface area (Å²) in [6.07, 6.45) is 0.896. The maximum Gasteiger partial charge on any atom is 0.140 e. The van der Waals surface area contributed by atoms with Crippen LogP contribution in [0.3, 0.4) is 0 Å². The van der Waals surface area contributed by atoms with Crippen molar-refractivity contribution in [3.8, 4) is 0 Å². The molecule has 0 aliphatic carbocycles. The molecule has 0 radical (unpaired) electrons. The first-order valence-corrected chi connectivity index (χ1v) is 4.48. The van der Waals surface area contributed by atoms with Gasteiger partial charge in [0.05, 0.1) is 6.42 Å². The first-order chi connectivity index (χ1) is 6.00. The quantitative estimate of drug-likeness (QED) is 0.551. The zero-order chi connectivity index (χ0) is 10.0. The molecule has 0 unspecified atom stereocenters. The van der Waals surface area contributed by atoms with Gasteiger partial charge in [-0.1, -0.05) is 0 Å². The van der Waals surface area contributed by atoms with Crippen LogP contribution in [-0.2, 0) is 0 Å². The van der Waals surface area contributed by atoms with Crippen molar-refractivity contribution >= 4 is 11.7 Å². The zero-order valence-electron chi connectivity index (χ0n) is 9.07. The summed E-state index contributed by atoms with van der Waals surface area (Å²) in [4.78, 5) is 13.0. The molecule has 0 fully saturated rings. The Kier molecular flexibility index (Phi) is 2.90. The van der Waals surface area contributed by atoms with Gasteiger partial charge in [0.1, 0.15) is 17.8 Å². The number of hydrogen-bond donors (Lipinski definition) is 0. The maximum atomic E-state index is 4.44. The Hall–Kier alpha value is -1.06. The van der Waals surface area contributed by atoms with Crippen molar-refractivity contribution in [1.29, 1.82) is 0 Å². The smallest absolute Gasteiger partial charge is 0.140 e. The molecule has 0 N–H and O–H groups in total. The molecule has 1 rings (SSSR count). The highest BCUT2D eigenvalue weighted by atomic mass is 15.2. The molecule has 0 bridgehead atoms. The van der Waals surface area contributed by atoms with E-state index >= 15 is 0 Å². The predicted molar refractivity (Wildman–Crippen MR) is 56.3 cm³/mol. The Morgan fingerprint density at radius 3 is 1.69 bits per heavy atom. The molecular weight excluding hydrogens is 164 g/mol. The van der Waals surface area contributed by atoms with Gasteiger partial charge in [0, 0.05) is 28.2 Å². The van der Waals surface area contributed by atoms with Crippen LogP contribution in [-0.4, -0.2) is 55.8 Å². The van der Waals surface area contributed by atoms with Crippen LogP contribution >= 0.6 is 0 Å². The van der Waals surface area contributed by atoms with Crippen molar-refractivity contribution in [3.05, 3.63) is 0 Å². The lowest BCUT2D eigenvalue weighted by Crippen LogP contribution is -2.35. The number of amidine groups is 2. The SMILES string of the molecule is CC1N=C(N(C)C)CC(N(C)C)=N1. The third-order valence-corrected chi connectivity index (χ3v) is 2.02. The summed E-state index contributed by atoms with van der Waals surface area (Å²) in [6, 6.07) is 0. The van der Waals surface area contributed by atoms with Gasteiger partial charge < -0.3 is 9.80 Å². The van der Waals surface area contributed by atoms with Gasteiger partial charge in [-0.2, -0.15) is 0 Å². The van der Waals surface area contributed by atoms with Crippen molar-refractivity contribution in [1.82, 2.24) is 9.80 Å². The minimum Gasteiger partial charge on any atom is -0.366 e. The molecule has 1 aliphatic heterocycles.